The molecule has 4 unspecified atom stereocenters. The van der Waals surface area contributed by atoms with Crippen molar-refractivity contribution in [3.63, 3.8) is 0 Å². The quantitative estimate of drug-likeness (QED) is 0.204. The van der Waals surface area contributed by atoms with Gasteiger partial charge >= 0.3 is 0 Å². The molecule has 0 aliphatic heterocycles. The Hall–Kier alpha value is -2.50. The molecular weight excluding hydrogens is 540 g/mol. The molecule has 2 aromatic carbocycles. The minimum atomic E-state index is -1.27. The summed E-state index contributed by atoms with van der Waals surface area (Å²) < 4.78 is 69.7. The number of hydrogen-bond donors (Lipinski definition) is 0. The summed E-state index contributed by atoms with van der Waals surface area (Å²) in [7, 11) is 0. The Kier molecular flexibility index (Phi) is 10.5. The summed E-state index contributed by atoms with van der Waals surface area (Å²) in [5.74, 6) is -1.27. The molecular formula is C36H46F4O2. The summed E-state index contributed by atoms with van der Waals surface area (Å²) in [6.07, 6.45) is 20.2. The first-order chi connectivity index (χ1) is 20.4. The molecule has 3 aliphatic rings. The maximum atomic E-state index is 15.0. The fourth-order valence-corrected chi connectivity index (χ4v) is 7.81. The van der Waals surface area contributed by atoms with Crippen LogP contribution in [0.15, 0.2) is 36.4 Å². The van der Waals surface area contributed by atoms with Crippen LogP contribution in [-0.4, -0.2) is 13.2 Å². The van der Waals surface area contributed by atoms with Crippen molar-refractivity contribution in [3.8, 4) is 22.6 Å². The summed E-state index contributed by atoms with van der Waals surface area (Å²) in [5, 5.41) is 0. The molecule has 5 rings (SSSR count). The highest BCUT2D eigenvalue weighted by Gasteiger charge is 2.35. The minimum absolute atomic E-state index is 0.158. The Morgan fingerprint density at radius 3 is 1.81 bits per heavy atom. The van der Waals surface area contributed by atoms with E-state index < -0.39 is 23.3 Å². The van der Waals surface area contributed by atoms with Crippen LogP contribution >= 0.6 is 0 Å². The summed E-state index contributed by atoms with van der Waals surface area (Å²) in [6.45, 7) is 4.43. The highest BCUT2D eigenvalue weighted by Crippen LogP contribution is 2.46. The number of ether oxygens (including phenoxy) is 2. The third kappa shape index (κ3) is 7.17. The van der Waals surface area contributed by atoms with Gasteiger partial charge in [0.25, 0.3) is 0 Å². The van der Waals surface area contributed by atoms with Gasteiger partial charge in [-0.15, -0.1) is 0 Å². The highest BCUT2D eigenvalue weighted by atomic mass is 19.2. The Morgan fingerprint density at radius 2 is 1.17 bits per heavy atom. The van der Waals surface area contributed by atoms with Gasteiger partial charge in [-0.25, -0.2) is 8.78 Å². The SMILES string of the molecule is CCCC1CCC(/C=C/C2CCC3CC(COc4ccc(-c5ccc(OCC)c(F)c5F)c(F)c4F)CCC3C2)CC1. The van der Waals surface area contributed by atoms with Gasteiger partial charge < -0.3 is 9.47 Å². The molecule has 0 saturated heterocycles. The Labute approximate surface area is 248 Å². The molecule has 0 heterocycles. The van der Waals surface area contributed by atoms with Gasteiger partial charge in [0.1, 0.15) is 0 Å². The van der Waals surface area contributed by atoms with Gasteiger partial charge in [0.15, 0.2) is 23.1 Å². The highest BCUT2D eigenvalue weighted by molar-refractivity contribution is 5.67. The van der Waals surface area contributed by atoms with Gasteiger partial charge in [-0.2, -0.15) is 8.78 Å². The van der Waals surface area contributed by atoms with E-state index in [1.807, 2.05) is 0 Å². The van der Waals surface area contributed by atoms with Crippen LogP contribution in [0.5, 0.6) is 11.5 Å². The Bertz CT molecular complexity index is 1220. The fourth-order valence-electron chi connectivity index (χ4n) is 7.81. The van der Waals surface area contributed by atoms with Crippen molar-refractivity contribution in [1.82, 2.24) is 0 Å². The van der Waals surface area contributed by atoms with E-state index in [0.717, 1.165) is 37.0 Å². The molecule has 230 valence electrons. The van der Waals surface area contributed by atoms with Crippen LogP contribution in [-0.2, 0) is 0 Å². The lowest BCUT2D eigenvalue weighted by Crippen LogP contribution is -2.32. The van der Waals surface area contributed by atoms with Crippen molar-refractivity contribution in [2.75, 3.05) is 13.2 Å². The minimum Gasteiger partial charge on any atom is -0.491 e. The molecule has 0 N–H and O–H groups in total. The standard InChI is InChI=1S/C36H46F4O2/c1-3-5-23-6-8-24(9-7-23)10-11-25-12-14-28-21-26(13-15-27(28)20-25)22-42-32-19-17-30(34(38)36(32)40)29-16-18-31(41-4-2)35(39)33(29)37/h10-11,16-19,23-28H,3-9,12-15,20-22H2,1-2H3/b11-10+. The first-order valence-corrected chi connectivity index (χ1v) is 16.3. The van der Waals surface area contributed by atoms with Crippen molar-refractivity contribution >= 4 is 0 Å². The first kappa shape index (κ1) is 30.9. The monoisotopic (exact) mass is 586 g/mol. The average molecular weight is 587 g/mol. The van der Waals surface area contributed by atoms with E-state index in [1.165, 1.54) is 82.1 Å². The fraction of sp³-hybridized carbons (Fsp3) is 0.611. The molecule has 0 bridgehead atoms. The predicted molar refractivity (Wildman–Crippen MR) is 160 cm³/mol. The maximum Gasteiger partial charge on any atom is 0.201 e. The number of fused-ring (bicyclic) bond motifs is 1. The van der Waals surface area contributed by atoms with E-state index in [-0.39, 0.29) is 29.2 Å². The second-order valence-electron chi connectivity index (χ2n) is 12.9. The van der Waals surface area contributed by atoms with E-state index in [9.17, 15) is 17.6 Å². The zero-order valence-corrected chi connectivity index (χ0v) is 25.2. The molecule has 3 saturated carbocycles. The number of rotatable bonds is 10. The molecule has 0 amide bonds. The molecule has 6 heteroatoms. The maximum absolute atomic E-state index is 15.0. The summed E-state index contributed by atoms with van der Waals surface area (Å²) in [6, 6.07) is 4.97. The topological polar surface area (TPSA) is 18.5 Å². The van der Waals surface area contributed by atoms with Crippen molar-refractivity contribution in [1.29, 1.82) is 0 Å². The van der Waals surface area contributed by atoms with Crippen LogP contribution in [0.3, 0.4) is 0 Å². The number of hydrogen-bond acceptors (Lipinski definition) is 2. The van der Waals surface area contributed by atoms with Crippen molar-refractivity contribution in [3.05, 3.63) is 59.7 Å². The van der Waals surface area contributed by atoms with Crippen molar-refractivity contribution in [2.24, 2.45) is 35.5 Å². The molecule has 0 spiro atoms. The van der Waals surface area contributed by atoms with Crippen LogP contribution in [0.1, 0.15) is 90.9 Å². The van der Waals surface area contributed by atoms with Crippen LogP contribution in [0.2, 0.25) is 0 Å². The molecule has 3 aliphatic carbocycles. The van der Waals surface area contributed by atoms with Gasteiger partial charge in [-0.05, 0) is 131 Å². The van der Waals surface area contributed by atoms with Crippen LogP contribution in [0.25, 0.3) is 11.1 Å². The molecule has 4 atom stereocenters. The largest absolute Gasteiger partial charge is 0.491 e. The van der Waals surface area contributed by atoms with E-state index in [1.54, 1.807) is 6.92 Å². The second-order valence-corrected chi connectivity index (χ2v) is 12.9. The van der Waals surface area contributed by atoms with E-state index in [0.29, 0.717) is 24.4 Å². The van der Waals surface area contributed by atoms with Gasteiger partial charge in [0.05, 0.1) is 13.2 Å². The van der Waals surface area contributed by atoms with Gasteiger partial charge in [-0.3, -0.25) is 0 Å². The smallest absolute Gasteiger partial charge is 0.201 e. The molecule has 2 nitrogen and oxygen atoms in total. The summed E-state index contributed by atoms with van der Waals surface area (Å²) in [4.78, 5) is 0. The van der Waals surface area contributed by atoms with Crippen LogP contribution in [0, 0.1) is 58.8 Å². The normalized spacial score (nSPS) is 28.0. The van der Waals surface area contributed by atoms with Gasteiger partial charge in [0, 0.05) is 11.1 Å². The van der Waals surface area contributed by atoms with E-state index in [4.69, 9.17) is 9.47 Å². The third-order valence-electron chi connectivity index (χ3n) is 10.2. The summed E-state index contributed by atoms with van der Waals surface area (Å²) in [5.41, 5.74) is -0.711. The van der Waals surface area contributed by atoms with Gasteiger partial charge in [-0.1, -0.05) is 31.9 Å². The zero-order chi connectivity index (χ0) is 29.6. The average Bonchev–Trinajstić information content (AvgIpc) is 3.00. The van der Waals surface area contributed by atoms with Crippen molar-refractivity contribution < 1.29 is 27.0 Å². The van der Waals surface area contributed by atoms with Crippen molar-refractivity contribution in [2.45, 2.75) is 90.9 Å². The van der Waals surface area contributed by atoms with Crippen LogP contribution in [0.4, 0.5) is 17.6 Å². The van der Waals surface area contributed by atoms with E-state index in [2.05, 4.69) is 19.1 Å². The zero-order valence-electron chi connectivity index (χ0n) is 25.2. The predicted octanol–water partition coefficient (Wildman–Crippen LogP) is 10.7. The lowest BCUT2D eigenvalue weighted by Gasteiger charge is -2.41. The molecule has 0 radical (unpaired) electrons. The third-order valence-corrected chi connectivity index (χ3v) is 10.2. The van der Waals surface area contributed by atoms with E-state index >= 15 is 0 Å². The number of halogens is 4. The Morgan fingerprint density at radius 1 is 0.619 bits per heavy atom. The Balaban J connectivity index is 1.11. The lowest BCUT2D eigenvalue weighted by atomic mass is 9.65. The molecule has 42 heavy (non-hydrogen) atoms. The number of benzene rings is 2. The molecule has 0 aromatic heterocycles. The molecule has 3 fully saturated rings. The lowest BCUT2D eigenvalue weighted by molar-refractivity contribution is 0.0852. The van der Waals surface area contributed by atoms with Crippen LogP contribution < -0.4 is 9.47 Å². The summed E-state index contributed by atoms with van der Waals surface area (Å²) >= 11 is 0. The first-order valence-electron chi connectivity index (χ1n) is 16.3. The molecule has 2 aromatic rings. The van der Waals surface area contributed by atoms with Gasteiger partial charge in [0.2, 0.25) is 11.6 Å². The second kappa shape index (κ2) is 14.3. The number of allylic oxidation sites excluding steroid dienone is 2.